The van der Waals surface area contributed by atoms with E-state index in [-0.39, 0.29) is 10.9 Å². The lowest BCUT2D eigenvalue weighted by Gasteiger charge is -2.10. The van der Waals surface area contributed by atoms with Gasteiger partial charge in [-0.2, -0.15) is 0 Å². The van der Waals surface area contributed by atoms with Crippen molar-refractivity contribution < 1.29 is 9.18 Å². The van der Waals surface area contributed by atoms with Crippen molar-refractivity contribution in [3.05, 3.63) is 83.9 Å². The zero-order valence-electron chi connectivity index (χ0n) is 14.7. The van der Waals surface area contributed by atoms with Crippen molar-refractivity contribution in [1.29, 1.82) is 0 Å². The molecule has 0 saturated carbocycles. The lowest BCUT2D eigenvalue weighted by atomic mass is 10.2. The molecule has 0 fully saturated rings. The standard InChI is InChI=1S/C20H17ClFN5O/c1-2-20(28)23-11-13-4-3-5-14(8-13)26-18-10-19(25-12-24-18)27-15-6-7-17(22)16(21)9-15/h2-10,12H,1,11H2,(H,23,28)(H2,24,25,26,27). The van der Waals surface area contributed by atoms with Crippen LogP contribution in [0.15, 0.2) is 67.5 Å². The molecule has 2 aromatic carbocycles. The van der Waals surface area contributed by atoms with Crippen LogP contribution < -0.4 is 16.0 Å². The average molecular weight is 398 g/mol. The first-order valence-electron chi connectivity index (χ1n) is 8.34. The van der Waals surface area contributed by atoms with Crippen LogP contribution in [0.25, 0.3) is 0 Å². The zero-order chi connectivity index (χ0) is 19.9. The third kappa shape index (κ3) is 5.28. The predicted molar refractivity (Wildman–Crippen MR) is 108 cm³/mol. The van der Waals surface area contributed by atoms with Crippen molar-refractivity contribution in [2.24, 2.45) is 0 Å². The fourth-order valence-corrected chi connectivity index (χ4v) is 2.56. The van der Waals surface area contributed by atoms with Crippen LogP contribution in [0.1, 0.15) is 5.56 Å². The summed E-state index contributed by atoms with van der Waals surface area (Å²) in [5, 5.41) is 8.98. The number of carbonyl (C=O) groups is 1. The Hall–Kier alpha value is -3.45. The second-order valence-corrected chi connectivity index (χ2v) is 6.20. The lowest BCUT2D eigenvalue weighted by molar-refractivity contribution is -0.116. The Morgan fingerprint density at radius 2 is 1.79 bits per heavy atom. The van der Waals surface area contributed by atoms with E-state index in [0.29, 0.717) is 23.9 Å². The first-order valence-corrected chi connectivity index (χ1v) is 8.71. The molecule has 0 aliphatic rings. The number of aromatic nitrogens is 2. The van der Waals surface area contributed by atoms with Crippen molar-refractivity contribution in [1.82, 2.24) is 15.3 Å². The van der Waals surface area contributed by atoms with Crippen LogP contribution in [0, 0.1) is 5.82 Å². The maximum atomic E-state index is 13.3. The molecule has 28 heavy (non-hydrogen) atoms. The van der Waals surface area contributed by atoms with E-state index in [9.17, 15) is 9.18 Å². The van der Waals surface area contributed by atoms with E-state index in [2.05, 4.69) is 32.5 Å². The highest BCUT2D eigenvalue weighted by Crippen LogP contribution is 2.23. The Bertz CT molecular complexity index is 1010. The molecular formula is C20H17ClFN5O. The molecule has 142 valence electrons. The molecule has 0 bridgehead atoms. The molecule has 1 aromatic heterocycles. The van der Waals surface area contributed by atoms with E-state index >= 15 is 0 Å². The van der Waals surface area contributed by atoms with Gasteiger partial charge in [-0.15, -0.1) is 0 Å². The Morgan fingerprint density at radius 1 is 1.07 bits per heavy atom. The number of hydrogen-bond donors (Lipinski definition) is 3. The fourth-order valence-electron chi connectivity index (χ4n) is 2.38. The molecule has 3 N–H and O–H groups in total. The minimum absolute atomic E-state index is 0.0257. The number of amides is 1. The van der Waals surface area contributed by atoms with Crippen molar-refractivity contribution >= 4 is 40.5 Å². The monoisotopic (exact) mass is 397 g/mol. The molecule has 0 aliphatic heterocycles. The summed E-state index contributed by atoms with van der Waals surface area (Å²) in [5.74, 6) is 0.375. The van der Waals surface area contributed by atoms with E-state index in [0.717, 1.165) is 11.3 Å². The van der Waals surface area contributed by atoms with Gasteiger partial charge < -0.3 is 16.0 Å². The number of hydrogen-bond acceptors (Lipinski definition) is 5. The van der Waals surface area contributed by atoms with Gasteiger partial charge in [0.1, 0.15) is 23.8 Å². The van der Waals surface area contributed by atoms with Gasteiger partial charge in [0.25, 0.3) is 0 Å². The van der Waals surface area contributed by atoms with Crippen molar-refractivity contribution in [3.63, 3.8) is 0 Å². The molecule has 1 heterocycles. The Morgan fingerprint density at radius 3 is 2.46 bits per heavy atom. The Labute approximate surface area is 166 Å². The van der Waals surface area contributed by atoms with Gasteiger partial charge in [0.05, 0.1) is 5.02 Å². The summed E-state index contributed by atoms with van der Waals surface area (Å²) >= 11 is 5.80. The number of rotatable bonds is 7. The summed E-state index contributed by atoms with van der Waals surface area (Å²) in [6.07, 6.45) is 2.63. The predicted octanol–water partition coefficient (Wildman–Crippen LogP) is 4.56. The highest BCUT2D eigenvalue weighted by Gasteiger charge is 2.04. The van der Waals surface area contributed by atoms with Crippen LogP contribution in [-0.2, 0) is 11.3 Å². The van der Waals surface area contributed by atoms with Gasteiger partial charge in [-0.3, -0.25) is 4.79 Å². The fraction of sp³-hybridized carbons (Fsp3) is 0.0500. The van der Waals surface area contributed by atoms with Crippen molar-refractivity contribution in [3.8, 4) is 0 Å². The Balaban J connectivity index is 1.69. The van der Waals surface area contributed by atoms with Gasteiger partial charge in [0.15, 0.2) is 0 Å². The summed E-state index contributed by atoms with van der Waals surface area (Å²) in [4.78, 5) is 19.6. The van der Waals surface area contributed by atoms with Crippen molar-refractivity contribution in [2.75, 3.05) is 10.6 Å². The summed E-state index contributed by atoms with van der Waals surface area (Å²) in [7, 11) is 0. The molecule has 3 rings (SSSR count). The second-order valence-electron chi connectivity index (χ2n) is 5.79. The molecule has 6 nitrogen and oxygen atoms in total. The molecule has 0 aliphatic carbocycles. The van der Waals surface area contributed by atoms with Crippen LogP contribution in [0.3, 0.4) is 0 Å². The highest BCUT2D eigenvalue weighted by atomic mass is 35.5. The normalized spacial score (nSPS) is 10.2. The molecule has 0 unspecified atom stereocenters. The van der Waals surface area contributed by atoms with Gasteiger partial charge in [0.2, 0.25) is 5.91 Å². The van der Waals surface area contributed by atoms with Crippen molar-refractivity contribution in [2.45, 2.75) is 6.54 Å². The molecular weight excluding hydrogens is 381 g/mol. The smallest absolute Gasteiger partial charge is 0.243 e. The molecule has 0 saturated heterocycles. The topological polar surface area (TPSA) is 78.9 Å². The third-order valence-corrected chi connectivity index (χ3v) is 4.00. The number of nitrogens with one attached hydrogen (secondary N) is 3. The summed E-state index contributed by atoms with van der Waals surface area (Å²) in [6.45, 7) is 3.81. The van der Waals surface area contributed by atoms with E-state index < -0.39 is 5.82 Å². The minimum Gasteiger partial charge on any atom is -0.348 e. The number of benzene rings is 2. The van der Waals surface area contributed by atoms with Crippen LogP contribution in [0.4, 0.5) is 27.4 Å². The summed E-state index contributed by atoms with van der Waals surface area (Å²) in [5.41, 5.74) is 2.34. The molecule has 1 amide bonds. The molecule has 0 atom stereocenters. The first kappa shape index (κ1) is 19.3. The average Bonchev–Trinajstić information content (AvgIpc) is 2.69. The largest absolute Gasteiger partial charge is 0.348 e. The van der Waals surface area contributed by atoms with Crippen LogP contribution in [0.2, 0.25) is 5.02 Å². The van der Waals surface area contributed by atoms with Crippen LogP contribution in [-0.4, -0.2) is 15.9 Å². The second kappa shape index (κ2) is 8.96. The molecule has 0 spiro atoms. The van der Waals surface area contributed by atoms with Crippen LogP contribution >= 0.6 is 11.6 Å². The highest BCUT2D eigenvalue weighted by molar-refractivity contribution is 6.31. The molecule has 8 heteroatoms. The van der Waals surface area contributed by atoms with Gasteiger partial charge >= 0.3 is 0 Å². The van der Waals surface area contributed by atoms with Gasteiger partial charge in [-0.25, -0.2) is 14.4 Å². The van der Waals surface area contributed by atoms with E-state index in [4.69, 9.17) is 11.6 Å². The molecule has 0 radical (unpaired) electrons. The lowest BCUT2D eigenvalue weighted by Crippen LogP contribution is -2.19. The van der Waals surface area contributed by atoms with E-state index in [1.54, 1.807) is 12.1 Å². The minimum atomic E-state index is -0.485. The Kier molecular flexibility index (Phi) is 6.18. The zero-order valence-corrected chi connectivity index (χ0v) is 15.5. The quantitative estimate of drug-likeness (QED) is 0.509. The maximum Gasteiger partial charge on any atom is 0.243 e. The number of carbonyl (C=O) groups excluding carboxylic acids is 1. The summed E-state index contributed by atoms with van der Waals surface area (Å²) < 4.78 is 13.3. The summed E-state index contributed by atoms with van der Waals surface area (Å²) in [6, 6.07) is 13.6. The number of nitrogens with zero attached hydrogens (tertiary/aromatic N) is 2. The van der Waals surface area contributed by atoms with E-state index in [1.165, 1.54) is 24.5 Å². The van der Waals surface area contributed by atoms with Gasteiger partial charge in [-0.05, 0) is 42.0 Å². The first-order chi connectivity index (χ1) is 13.5. The van der Waals surface area contributed by atoms with Gasteiger partial charge in [0, 0.05) is 24.0 Å². The molecule has 3 aromatic rings. The third-order valence-electron chi connectivity index (χ3n) is 3.71. The maximum absolute atomic E-state index is 13.3. The number of anilines is 4. The SMILES string of the molecule is C=CC(=O)NCc1cccc(Nc2cc(Nc3ccc(F)c(Cl)c3)ncn2)c1. The van der Waals surface area contributed by atoms with Gasteiger partial charge in [-0.1, -0.05) is 30.3 Å². The number of halogens is 2. The van der Waals surface area contributed by atoms with Crippen LogP contribution in [0.5, 0.6) is 0 Å². The van der Waals surface area contributed by atoms with E-state index in [1.807, 2.05) is 24.3 Å².